The van der Waals surface area contributed by atoms with E-state index < -0.39 is 0 Å². The van der Waals surface area contributed by atoms with Gasteiger partial charge in [0.25, 0.3) is 0 Å². The summed E-state index contributed by atoms with van der Waals surface area (Å²) >= 11 is 0. The normalized spacial score (nSPS) is 10.8. The average Bonchev–Trinajstić information content (AvgIpc) is 2.54. The van der Waals surface area contributed by atoms with Gasteiger partial charge in [-0.15, -0.1) is 0 Å². The van der Waals surface area contributed by atoms with Crippen LogP contribution in [0.1, 0.15) is 31.7 Å². The van der Waals surface area contributed by atoms with E-state index in [1.165, 1.54) is 0 Å². The van der Waals surface area contributed by atoms with Crippen LogP contribution in [0.15, 0.2) is 36.5 Å². The Morgan fingerprint density at radius 3 is 2.86 bits per heavy atom. The number of aromatic nitrogens is 1. The number of para-hydroxylation sites is 1. The van der Waals surface area contributed by atoms with Crippen LogP contribution in [0.3, 0.4) is 0 Å². The van der Waals surface area contributed by atoms with E-state index in [0.717, 1.165) is 42.3 Å². The molecule has 0 aliphatic rings. The van der Waals surface area contributed by atoms with Crippen LogP contribution in [-0.4, -0.2) is 30.6 Å². The van der Waals surface area contributed by atoms with Gasteiger partial charge in [-0.25, -0.2) is 0 Å². The second-order valence-electron chi connectivity index (χ2n) is 5.34. The third kappa shape index (κ3) is 5.11. The predicted molar refractivity (Wildman–Crippen MR) is 88.8 cm³/mol. The molecule has 0 spiro atoms. The van der Waals surface area contributed by atoms with Crippen molar-refractivity contribution in [3.05, 3.63) is 42.1 Å². The van der Waals surface area contributed by atoms with Crippen LogP contribution in [0.25, 0.3) is 10.9 Å². The van der Waals surface area contributed by atoms with E-state index in [-0.39, 0.29) is 5.91 Å². The number of carbonyl (C=O) groups is 1. The first kappa shape index (κ1) is 16.4. The summed E-state index contributed by atoms with van der Waals surface area (Å²) in [6.45, 7) is 4.32. The summed E-state index contributed by atoms with van der Waals surface area (Å²) in [4.78, 5) is 16.4. The third-order valence-electron chi connectivity index (χ3n) is 3.50. The summed E-state index contributed by atoms with van der Waals surface area (Å²) in [7, 11) is 0. The monoisotopic (exact) mass is 300 g/mol. The van der Waals surface area contributed by atoms with Gasteiger partial charge >= 0.3 is 0 Å². The van der Waals surface area contributed by atoms with Crippen LogP contribution in [-0.2, 0) is 16.0 Å². The van der Waals surface area contributed by atoms with Gasteiger partial charge in [0.1, 0.15) is 0 Å². The van der Waals surface area contributed by atoms with Crippen LogP contribution in [0, 0.1) is 0 Å². The molecule has 0 aliphatic carbocycles. The maximum absolute atomic E-state index is 12.0. The van der Waals surface area contributed by atoms with Crippen LogP contribution in [0.5, 0.6) is 0 Å². The largest absolute Gasteiger partial charge is 0.381 e. The standard InChI is InChI=1S/C18H24N2O2/c1-2-3-12-22-13-6-11-19-17(21)14-16-8-4-7-15-9-5-10-20-18(15)16/h4-5,7-10H,2-3,6,11-14H2,1H3,(H,19,21). The van der Waals surface area contributed by atoms with Gasteiger partial charge in [-0.1, -0.05) is 37.6 Å². The number of amides is 1. The van der Waals surface area contributed by atoms with Crippen molar-refractivity contribution in [2.45, 2.75) is 32.6 Å². The molecule has 0 aliphatic heterocycles. The Hall–Kier alpha value is -1.94. The number of ether oxygens (including phenoxy) is 1. The molecule has 118 valence electrons. The van der Waals surface area contributed by atoms with E-state index >= 15 is 0 Å². The molecule has 1 heterocycles. The van der Waals surface area contributed by atoms with E-state index in [9.17, 15) is 4.79 Å². The quantitative estimate of drug-likeness (QED) is 0.724. The minimum atomic E-state index is 0.0340. The van der Waals surface area contributed by atoms with Crippen molar-refractivity contribution in [2.75, 3.05) is 19.8 Å². The molecule has 1 amide bonds. The van der Waals surface area contributed by atoms with E-state index in [0.29, 0.717) is 19.6 Å². The Kier molecular flexibility index (Phi) is 6.84. The fourth-order valence-corrected chi connectivity index (χ4v) is 2.30. The van der Waals surface area contributed by atoms with Gasteiger partial charge in [0, 0.05) is 31.3 Å². The Labute approximate surface area is 131 Å². The molecule has 0 unspecified atom stereocenters. The maximum atomic E-state index is 12.0. The number of nitrogens with one attached hydrogen (secondary N) is 1. The molecular weight excluding hydrogens is 276 g/mol. The Balaban J connectivity index is 1.75. The topological polar surface area (TPSA) is 51.2 Å². The van der Waals surface area contributed by atoms with Crippen LogP contribution >= 0.6 is 0 Å². The van der Waals surface area contributed by atoms with Crippen LogP contribution in [0.4, 0.5) is 0 Å². The fourth-order valence-electron chi connectivity index (χ4n) is 2.30. The lowest BCUT2D eigenvalue weighted by molar-refractivity contribution is -0.120. The number of fused-ring (bicyclic) bond motifs is 1. The molecule has 0 saturated heterocycles. The summed E-state index contributed by atoms with van der Waals surface area (Å²) in [5, 5.41) is 4.01. The highest BCUT2D eigenvalue weighted by Crippen LogP contribution is 2.16. The van der Waals surface area contributed by atoms with E-state index in [1.807, 2.05) is 30.3 Å². The number of rotatable bonds is 9. The molecule has 1 aromatic heterocycles. The fraction of sp³-hybridized carbons (Fsp3) is 0.444. The first-order valence-electron chi connectivity index (χ1n) is 7.98. The van der Waals surface area contributed by atoms with Gasteiger partial charge in [0.05, 0.1) is 11.9 Å². The molecule has 1 aromatic carbocycles. The summed E-state index contributed by atoms with van der Waals surface area (Å²) in [5.74, 6) is 0.0340. The van der Waals surface area contributed by atoms with Gasteiger partial charge in [0.2, 0.25) is 5.91 Å². The molecule has 1 N–H and O–H groups in total. The smallest absolute Gasteiger partial charge is 0.224 e. The molecule has 4 nitrogen and oxygen atoms in total. The molecule has 0 atom stereocenters. The Bertz CT molecular complexity index is 593. The number of hydrogen-bond donors (Lipinski definition) is 1. The van der Waals surface area contributed by atoms with Gasteiger partial charge in [-0.3, -0.25) is 9.78 Å². The lowest BCUT2D eigenvalue weighted by atomic mass is 10.1. The summed E-state index contributed by atoms with van der Waals surface area (Å²) in [6, 6.07) is 9.86. The summed E-state index contributed by atoms with van der Waals surface area (Å²) in [5.41, 5.74) is 1.87. The van der Waals surface area contributed by atoms with Crippen LogP contribution < -0.4 is 5.32 Å². The van der Waals surface area contributed by atoms with Crippen molar-refractivity contribution in [1.82, 2.24) is 10.3 Å². The lowest BCUT2D eigenvalue weighted by Gasteiger charge is -2.07. The molecule has 2 rings (SSSR count). The second kappa shape index (κ2) is 9.15. The molecule has 0 bridgehead atoms. The minimum absolute atomic E-state index is 0.0340. The van der Waals surface area contributed by atoms with Crippen molar-refractivity contribution in [1.29, 1.82) is 0 Å². The zero-order chi connectivity index (χ0) is 15.6. The van der Waals surface area contributed by atoms with Crippen molar-refractivity contribution >= 4 is 16.8 Å². The minimum Gasteiger partial charge on any atom is -0.381 e. The lowest BCUT2D eigenvalue weighted by Crippen LogP contribution is -2.27. The number of pyridine rings is 1. The maximum Gasteiger partial charge on any atom is 0.224 e. The van der Waals surface area contributed by atoms with E-state index in [4.69, 9.17) is 4.74 Å². The second-order valence-corrected chi connectivity index (χ2v) is 5.34. The number of carbonyl (C=O) groups excluding carboxylic acids is 1. The molecule has 0 saturated carbocycles. The van der Waals surface area contributed by atoms with Crippen molar-refractivity contribution in [2.24, 2.45) is 0 Å². The average molecular weight is 300 g/mol. The summed E-state index contributed by atoms with van der Waals surface area (Å²) in [6.07, 6.45) is 5.22. The van der Waals surface area contributed by atoms with Gasteiger partial charge < -0.3 is 10.1 Å². The molecule has 4 heteroatoms. The summed E-state index contributed by atoms with van der Waals surface area (Å²) < 4.78 is 5.47. The number of benzene rings is 1. The Morgan fingerprint density at radius 2 is 2.00 bits per heavy atom. The Morgan fingerprint density at radius 1 is 1.18 bits per heavy atom. The third-order valence-corrected chi connectivity index (χ3v) is 3.50. The number of hydrogen-bond acceptors (Lipinski definition) is 3. The highest BCUT2D eigenvalue weighted by atomic mass is 16.5. The molecular formula is C18H24N2O2. The van der Waals surface area contributed by atoms with E-state index in [2.05, 4.69) is 17.2 Å². The first-order valence-corrected chi connectivity index (χ1v) is 7.98. The molecule has 0 fully saturated rings. The highest BCUT2D eigenvalue weighted by Gasteiger charge is 2.07. The van der Waals surface area contributed by atoms with Gasteiger partial charge in [0.15, 0.2) is 0 Å². The highest BCUT2D eigenvalue weighted by molar-refractivity contribution is 5.87. The molecule has 2 aromatic rings. The zero-order valence-corrected chi connectivity index (χ0v) is 13.2. The van der Waals surface area contributed by atoms with Gasteiger partial charge in [-0.05, 0) is 24.5 Å². The van der Waals surface area contributed by atoms with E-state index in [1.54, 1.807) is 6.20 Å². The van der Waals surface area contributed by atoms with Crippen LogP contribution in [0.2, 0.25) is 0 Å². The number of unbranched alkanes of at least 4 members (excludes halogenated alkanes) is 1. The van der Waals surface area contributed by atoms with Crippen molar-refractivity contribution in [3.8, 4) is 0 Å². The van der Waals surface area contributed by atoms with Crippen molar-refractivity contribution < 1.29 is 9.53 Å². The molecule has 0 radical (unpaired) electrons. The van der Waals surface area contributed by atoms with Crippen molar-refractivity contribution in [3.63, 3.8) is 0 Å². The number of nitrogens with zero attached hydrogens (tertiary/aromatic N) is 1. The first-order chi connectivity index (χ1) is 10.8. The molecule has 22 heavy (non-hydrogen) atoms. The predicted octanol–water partition coefficient (Wildman–Crippen LogP) is 3.10. The van der Waals surface area contributed by atoms with Gasteiger partial charge in [-0.2, -0.15) is 0 Å². The SMILES string of the molecule is CCCCOCCCNC(=O)Cc1cccc2cccnc12. The zero-order valence-electron chi connectivity index (χ0n) is 13.2.